The second kappa shape index (κ2) is 63.5. The van der Waals surface area contributed by atoms with Crippen LogP contribution in [0.3, 0.4) is 0 Å². The molecule has 0 fully saturated rings. The van der Waals surface area contributed by atoms with Crippen LogP contribution in [0.1, 0.15) is 362 Å². The topological polar surface area (TPSA) is 237 Å². The highest BCUT2D eigenvalue weighted by molar-refractivity contribution is 7.47. The number of unbranched alkanes of at least 4 members (excludes halogenated alkanes) is 42. The number of carbonyl (C=O) groups excluding carboxylic acids is 4. The fraction of sp³-hybridized carbons (Fsp3) is 0.943. The maximum absolute atomic E-state index is 13.0. The van der Waals surface area contributed by atoms with Crippen molar-refractivity contribution in [1.29, 1.82) is 0 Å². The van der Waals surface area contributed by atoms with Crippen LogP contribution in [0.15, 0.2) is 0 Å². The number of rotatable bonds is 70. The van der Waals surface area contributed by atoms with Gasteiger partial charge in [0.2, 0.25) is 0 Å². The number of carbonyl (C=O) groups is 4. The Balaban J connectivity index is 5.14. The lowest BCUT2D eigenvalue weighted by Gasteiger charge is -2.21. The predicted octanol–water partition coefficient (Wildman–Crippen LogP) is 20.1. The summed E-state index contributed by atoms with van der Waals surface area (Å²) in [5, 5.41) is 10.6. The number of aliphatic hydroxyl groups excluding tert-OH is 1. The van der Waals surface area contributed by atoms with E-state index in [9.17, 15) is 43.2 Å². The van der Waals surface area contributed by atoms with Crippen LogP contribution in [0.2, 0.25) is 0 Å². The molecule has 3 N–H and O–H groups in total. The second-order valence-corrected chi connectivity index (χ2v) is 28.7. The van der Waals surface area contributed by atoms with E-state index >= 15 is 0 Å². The summed E-state index contributed by atoms with van der Waals surface area (Å²) in [5.41, 5.74) is 0. The maximum Gasteiger partial charge on any atom is 0.472 e. The summed E-state index contributed by atoms with van der Waals surface area (Å²) in [6.45, 7) is 7.09. The monoisotopic (exact) mass is 1310 g/mol. The van der Waals surface area contributed by atoms with E-state index in [0.717, 1.165) is 96.3 Å². The lowest BCUT2D eigenvalue weighted by Crippen LogP contribution is -2.30. The van der Waals surface area contributed by atoms with E-state index in [0.29, 0.717) is 31.6 Å². The highest BCUT2D eigenvalue weighted by Gasteiger charge is 2.30. The fourth-order valence-electron chi connectivity index (χ4n) is 10.6. The van der Waals surface area contributed by atoms with E-state index in [-0.39, 0.29) is 25.7 Å². The molecule has 528 valence electrons. The van der Waals surface area contributed by atoms with Gasteiger partial charge >= 0.3 is 39.5 Å². The Morgan fingerprint density at radius 3 is 0.764 bits per heavy atom. The zero-order valence-electron chi connectivity index (χ0n) is 57.6. The average Bonchev–Trinajstić information content (AvgIpc) is 3.66. The molecule has 0 rings (SSSR count). The third kappa shape index (κ3) is 64.6. The molecule has 2 unspecified atom stereocenters. The van der Waals surface area contributed by atoms with Gasteiger partial charge in [-0.1, -0.05) is 311 Å². The van der Waals surface area contributed by atoms with E-state index in [1.807, 2.05) is 0 Å². The Hall–Kier alpha value is -1.94. The molecule has 0 heterocycles. The summed E-state index contributed by atoms with van der Waals surface area (Å²) in [5.74, 6) is -1.44. The normalized spacial score (nSPS) is 14.1. The van der Waals surface area contributed by atoms with Crippen molar-refractivity contribution < 1.29 is 80.2 Å². The van der Waals surface area contributed by atoms with E-state index in [1.165, 1.54) is 180 Å². The highest BCUT2D eigenvalue weighted by atomic mass is 31.2. The minimum Gasteiger partial charge on any atom is -0.462 e. The highest BCUT2D eigenvalue weighted by Crippen LogP contribution is 2.45. The maximum atomic E-state index is 13.0. The van der Waals surface area contributed by atoms with Gasteiger partial charge in [0.05, 0.1) is 26.4 Å². The predicted molar refractivity (Wildman–Crippen MR) is 358 cm³/mol. The Labute approximate surface area is 543 Å². The number of phosphoric ester groups is 2. The van der Waals surface area contributed by atoms with Gasteiger partial charge in [0.25, 0.3) is 0 Å². The van der Waals surface area contributed by atoms with Crippen LogP contribution in [0.25, 0.3) is 0 Å². The third-order valence-corrected chi connectivity index (χ3v) is 18.2. The van der Waals surface area contributed by atoms with Crippen molar-refractivity contribution in [3.05, 3.63) is 0 Å². The van der Waals surface area contributed by atoms with Crippen LogP contribution in [0.5, 0.6) is 0 Å². The quantitative estimate of drug-likeness (QED) is 0.0222. The summed E-state index contributed by atoms with van der Waals surface area (Å²) in [7, 11) is -9.89. The van der Waals surface area contributed by atoms with Crippen molar-refractivity contribution in [3.8, 4) is 0 Å². The van der Waals surface area contributed by atoms with Gasteiger partial charge in [-0.25, -0.2) is 9.13 Å². The molecule has 0 aromatic heterocycles. The lowest BCUT2D eigenvalue weighted by molar-refractivity contribution is -0.161. The smallest absolute Gasteiger partial charge is 0.462 e. The molecule has 0 aliphatic heterocycles. The standard InChI is InChI=1S/C70H136O17P2/c1-6-9-12-15-17-19-21-23-25-27-29-31-33-35-39-44-49-54-68(73)81-60-66(87-69(74)55-50-45-40-36-34-32-30-28-26-24-22-20-18-16-13-10-7-2)62-85-89(78,79)83-58-64(71)57-82-88(76,77)84-61-65(59-80-67(72)53-48-42-14-11-8-3)86-70(75)56-51-46-41-37-38-43-47-52-63(4)5/h63-66,71H,6-62H2,1-5H3,(H,76,77)(H,78,79)/t64-,65+,66+/m0/s1. The van der Waals surface area contributed by atoms with E-state index in [2.05, 4.69) is 34.6 Å². The van der Waals surface area contributed by atoms with Crippen molar-refractivity contribution >= 4 is 39.5 Å². The molecule has 0 bridgehead atoms. The minimum absolute atomic E-state index is 0.103. The van der Waals surface area contributed by atoms with Gasteiger partial charge < -0.3 is 33.8 Å². The Bertz CT molecular complexity index is 1720. The molecule has 0 aromatic rings. The molecule has 19 heteroatoms. The second-order valence-electron chi connectivity index (χ2n) is 25.7. The summed E-state index contributed by atoms with van der Waals surface area (Å²) in [4.78, 5) is 72.2. The molecule has 0 spiro atoms. The van der Waals surface area contributed by atoms with Gasteiger partial charge in [-0.15, -0.1) is 0 Å². The molecule has 0 aromatic carbocycles. The van der Waals surface area contributed by atoms with E-state index in [1.54, 1.807) is 0 Å². The average molecular weight is 1310 g/mol. The van der Waals surface area contributed by atoms with Gasteiger partial charge in [0.1, 0.15) is 19.3 Å². The molecular formula is C70H136O17P2. The molecule has 0 radical (unpaired) electrons. The van der Waals surface area contributed by atoms with Gasteiger partial charge in [0, 0.05) is 25.7 Å². The summed E-state index contributed by atoms with van der Waals surface area (Å²) in [6.07, 6.45) is 50.5. The van der Waals surface area contributed by atoms with E-state index < -0.39 is 97.5 Å². The zero-order valence-corrected chi connectivity index (χ0v) is 59.4. The summed E-state index contributed by atoms with van der Waals surface area (Å²) < 4.78 is 68.0. The minimum atomic E-state index is -4.95. The molecule has 17 nitrogen and oxygen atoms in total. The first-order valence-corrected chi connectivity index (χ1v) is 39.6. The molecule has 0 aliphatic rings. The van der Waals surface area contributed by atoms with Gasteiger partial charge in [-0.3, -0.25) is 37.3 Å². The van der Waals surface area contributed by atoms with Crippen molar-refractivity contribution in [1.82, 2.24) is 0 Å². The summed E-state index contributed by atoms with van der Waals surface area (Å²) >= 11 is 0. The van der Waals surface area contributed by atoms with Crippen LogP contribution in [0, 0.1) is 5.92 Å². The van der Waals surface area contributed by atoms with Crippen LogP contribution in [-0.2, 0) is 65.4 Å². The van der Waals surface area contributed by atoms with Crippen molar-refractivity contribution in [2.45, 2.75) is 380 Å². The zero-order chi connectivity index (χ0) is 65.6. The fourth-order valence-corrected chi connectivity index (χ4v) is 12.2. The van der Waals surface area contributed by atoms with Crippen LogP contribution < -0.4 is 0 Å². The third-order valence-electron chi connectivity index (χ3n) is 16.3. The van der Waals surface area contributed by atoms with Gasteiger partial charge in [-0.2, -0.15) is 0 Å². The molecule has 0 aliphatic carbocycles. The van der Waals surface area contributed by atoms with Gasteiger partial charge in [0.15, 0.2) is 12.2 Å². The molecular weight excluding hydrogens is 1170 g/mol. The van der Waals surface area contributed by atoms with Crippen LogP contribution in [-0.4, -0.2) is 96.7 Å². The largest absolute Gasteiger partial charge is 0.472 e. The number of esters is 4. The van der Waals surface area contributed by atoms with Crippen molar-refractivity contribution in [2.24, 2.45) is 5.92 Å². The number of hydrogen-bond acceptors (Lipinski definition) is 15. The molecule has 89 heavy (non-hydrogen) atoms. The molecule has 0 saturated heterocycles. The molecule has 5 atom stereocenters. The van der Waals surface area contributed by atoms with Gasteiger partial charge in [-0.05, 0) is 31.6 Å². The SMILES string of the molecule is CCCCCCCCCCCCCCCCCCCC(=O)OC[C@H](COP(=O)(O)OC[C@@H](O)COP(=O)(O)OC[C@@H](COC(=O)CCCCCCC)OC(=O)CCCCCCCCCC(C)C)OC(=O)CCCCCCCCCCCCCCCCCCC. The first-order valence-electron chi connectivity index (χ1n) is 36.6. The number of hydrogen-bond donors (Lipinski definition) is 3. The first kappa shape index (κ1) is 87.1. The number of phosphoric acid groups is 2. The number of aliphatic hydroxyl groups is 1. The molecule has 0 amide bonds. The van der Waals surface area contributed by atoms with Crippen molar-refractivity contribution in [3.63, 3.8) is 0 Å². The first-order chi connectivity index (χ1) is 43.0. The van der Waals surface area contributed by atoms with E-state index in [4.69, 9.17) is 37.0 Å². The Morgan fingerprint density at radius 2 is 0.517 bits per heavy atom. The Kier molecular flexibility index (Phi) is 62.1. The number of ether oxygens (including phenoxy) is 4. The van der Waals surface area contributed by atoms with Crippen LogP contribution in [0.4, 0.5) is 0 Å². The van der Waals surface area contributed by atoms with Crippen molar-refractivity contribution in [2.75, 3.05) is 39.6 Å². The molecule has 0 saturated carbocycles. The Morgan fingerprint density at radius 1 is 0.303 bits per heavy atom. The lowest BCUT2D eigenvalue weighted by atomic mass is 10.0. The van der Waals surface area contributed by atoms with Crippen LogP contribution >= 0.6 is 15.6 Å². The summed E-state index contributed by atoms with van der Waals surface area (Å²) in [6, 6.07) is 0.